The van der Waals surface area contributed by atoms with Gasteiger partial charge >= 0.3 is 0 Å². The molecule has 0 unspecified atom stereocenters. The number of benzene rings is 1. The maximum atomic E-state index is 13.2. The number of rotatable bonds is 3. The van der Waals surface area contributed by atoms with Crippen LogP contribution in [0.5, 0.6) is 0 Å². The lowest BCUT2D eigenvalue weighted by Gasteiger charge is -2.06. The molecule has 25 heavy (non-hydrogen) atoms. The standard InChI is InChI=1S/C16H10ClFN6O/c17-10-7-8(1-2-11(10)18)22-16(25)9-3-4-19-13-12(9)23-15(24-13)14-20-5-6-21-14/h1-7H,(H,20,21)(H,22,25)(H,19,23,24). The highest BCUT2D eigenvalue weighted by Crippen LogP contribution is 2.22. The Bertz CT molecular complexity index is 1080. The molecule has 0 radical (unpaired) electrons. The number of amides is 1. The predicted octanol–water partition coefficient (Wildman–Crippen LogP) is 3.39. The van der Waals surface area contributed by atoms with Crippen LogP contribution in [0.3, 0.4) is 0 Å². The summed E-state index contributed by atoms with van der Waals surface area (Å²) in [5.74, 6) is 0.0552. The van der Waals surface area contributed by atoms with Gasteiger partial charge in [0.2, 0.25) is 0 Å². The molecule has 0 saturated heterocycles. The van der Waals surface area contributed by atoms with Gasteiger partial charge in [0.25, 0.3) is 5.91 Å². The van der Waals surface area contributed by atoms with Crippen molar-refractivity contribution in [3.63, 3.8) is 0 Å². The summed E-state index contributed by atoms with van der Waals surface area (Å²) in [6, 6.07) is 5.52. The fraction of sp³-hybridized carbons (Fsp3) is 0. The molecule has 0 aliphatic rings. The maximum Gasteiger partial charge on any atom is 0.257 e. The molecule has 9 heteroatoms. The number of nitrogens with one attached hydrogen (secondary N) is 3. The molecule has 0 aliphatic heterocycles. The maximum absolute atomic E-state index is 13.2. The number of carbonyl (C=O) groups is 1. The van der Waals surface area contributed by atoms with Crippen LogP contribution in [0.25, 0.3) is 22.8 Å². The SMILES string of the molecule is O=C(Nc1ccc(F)c(Cl)c1)c1ccnc2nc(-c3ncc[nH]3)[nH]c12. The fourth-order valence-electron chi connectivity index (χ4n) is 2.38. The van der Waals surface area contributed by atoms with E-state index in [0.29, 0.717) is 34.1 Å². The summed E-state index contributed by atoms with van der Waals surface area (Å²) in [4.78, 5) is 31.1. The second kappa shape index (κ2) is 5.99. The lowest BCUT2D eigenvalue weighted by Crippen LogP contribution is -2.12. The molecule has 0 spiro atoms. The zero-order valence-corrected chi connectivity index (χ0v) is 13.3. The van der Waals surface area contributed by atoms with Crippen molar-refractivity contribution >= 4 is 34.4 Å². The lowest BCUT2D eigenvalue weighted by atomic mass is 10.2. The number of hydrogen-bond acceptors (Lipinski definition) is 4. The molecule has 124 valence electrons. The summed E-state index contributed by atoms with van der Waals surface area (Å²) >= 11 is 5.74. The number of fused-ring (bicyclic) bond motifs is 1. The Kier molecular flexibility index (Phi) is 3.66. The molecule has 0 atom stereocenters. The van der Waals surface area contributed by atoms with E-state index in [-0.39, 0.29) is 5.02 Å². The lowest BCUT2D eigenvalue weighted by molar-refractivity contribution is 0.102. The van der Waals surface area contributed by atoms with E-state index in [9.17, 15) is 9.18 Å². The molecule has 1 amide bonds. The highest BCUT2D eigenvalue weighted by Gasteiger charge is 2.16. The Hall–Kier alpha value is -3.26. The van der Waals surface area contributed by atoms with Gasteiger partial charge in [0.15, 0.2) is 17.3 Å². The smallest absolute Gasteiger partial charge is 0.257 e. The normalized spacial score (nSPS) is 11.0. The molecular formula is C16H10ClFN6O. The van der Waals surface area contributed by atoms with E-state index in [1.165, 1.54) is 24.4 Å². The van der Waals surface area contributed by atoms with Crippen molar-refractivity contribution < 1.29 is 9.18 Å². The van der Waals surface area contributed by atoms with Crippen LogP contribution in [0.1, 0.15) is 10.4 Å². The van der Waals surface area contributed by atoms with Crippen LogP contribution in [-0.2, 0) is 0 Å². The van der Waals surface area contributed by atoms with Gasteiger partial charge < -0.3 is 15.3 Å². The molecule has 0 aliphatic carbocycles. The number of anilines is 1. The zero-order chi connectivity index (χ0) is 17.4. The van der Waals surface area contributed by atoms with Crippen molar-refractivity contribution in [2.75, 3.05) is 5.32 Å². The van der Waals surface area contributed by atoms with Crippen molar-refractivity contribution in [3.8, 4) is 11.6 Å². The summed E-state index contributed by atoms with van der Waals surface area (Å²) in [5, 5.41) is 2.60. The third-order valence-electron chi connectivity index (χ3n) is 3.54. The first-order chi connectivity index (χ1) is 12.1. The first kappa shape index (κ1) is 15.3. The van der Waals surface area contributed by atoms with Gasteiger partial charge in [-0.25, -0.2) is 19.3 Å². The molecular weight excluding hydrogens is 347 g/mol. The Morgan fingerprint density at radius 1 is 1.16 bits per heavy atom. The number of aromatic amines is 2. The van der Waals surface area contributed by atoms with Crippen molar-refractivity contribution in [2.45, 2.75) is 0 Å². The van der Waals surface area contributed by atoms with E-state index in [1.54, 1.807) is 18.5 Å². The first-order valence-electron chi connectivity index (χ1n) is 7.22. The molecule has 1 aromatic carbocycles. The van der Waals surface area contributed by atoms with E-state index >= 15 is 0 Å². The van der Waals surface area contributed by atoms with Gasteiger partial charge in [-0.3, -0.25) is 4.79 Å². The van der Waals surface area contributed by atoms with Crippen molar-refractivity contribution in [1.29, 1.82) is 0 Å². The van der Waals surface area contributed by atoms with Crippen LogP contribution >= 0.6 is 11.6 Å². The fourth-order valence-corrected chi connectivity index (χ4v) is 2.56. The molecule has 0 fully saturated rings. The van der Waals surface area contributed by atoms with Crippen LogP contribution in [0.15, 0.2) is 42.9 Å². The van der Waals surface area contributed by atoms with E-state index in [2.05, 4.69) is 30.2 Å². The Morgan fingerprint density at radius 2 is 2.04 bits per heavy atom. The number of hydrogen-bond donors (Lipinski definition) is 3. The number of carbonyl (C=O) groups excluding carboxylic acids is 1. The molecule has 3 heterocycles. The molecule has 3 N–H and O–H groups in total. The molecule has 4 rings (SSSR count). The van der Waals surface area contributed by atoms with Crippen LogP contribution in [0.2, 0.25) is 5.02 Å². The topological polar surface area (TPSA) is 99.3 Å². The van der Waals surface area contributed by atoms with Gasteiger partial charge in [0.1, 0.15) is 5.82 Å². The van der Waals surface area contributed by atoms with Crippen molar-refractivity contribution in [2.24, 2.45) is 0 Å². The Labute approximate surface area is 145 Å². The van der Waals surface area contributed by atoms with Crippen LogP contribution in [0, 0.1) is 5.82 Å². The third-order valence-corrected chi connectivity index (χ3v) is 3.83. The highest BCUT2D eigenvalue weighted by molar-refractivity contribution is 6.31. The number of aromatic nitrogens is 5. The predicted molar refractivity (Wildman–Crippen MR) is 90.8 cm³/mol. The average Bonchev–Trinajstić information content (AvgIpc) is 3.26. The summed E-state index contributed by atoms with van der Waals surface area (Å²) < 4.78 is 13.2. The quantitative estimate of drug-likeness (QED) is 0.524. The molecule has 7 nitrogen and oxygen atoms in total. The van der Waals surface area contributed by atoms with Crippen LogP contribution < -0.4 is 5.32 Å². The second-order valence-corrected chi connectivity index (χ2v) is 5.57. The van der Waals surface area contributed by atoms with Crippen molar-refractivity contribution in [3.05, 3.63) is 59.3 Å². The Balaban J connectivity index is 1.70. The monoisotopic (exact) mass is 356 g/mol. The number of H-pyrrole nitrogens is 2. The van der Waals surface area contributed by atoms with Gasteiger partial charge in [0, 0.05) is 24.3 Å². The number of nitrogens with zero attached hydrogens (tertiary/aromatic N) is 3. The van der Waals surface area contributed by atoms with Gasteiger partial charge in [-0.05, 0) is 24.3 Å². The molecule has 0 saturated carbocycles. The van der Waals surface area contributed by atoms with Crippen molar-refractivity contribution in [1.82, 2.24) is 24.9 Å². The Morgan fingerprint density at radius 3 is 2.80 bits per heavy atom. The summed E-state index contributed by atoms with van der Waals surface area (Å²) in [6.45, 7) is 0. The molecule has 4 aromatic rings. The number of halogens is 2. The van der Waals surface area contributed by atoms with Gasteiger partial charge in [-0.2, -0.15) is 0 Å². The van der Waals surface area contributed by atoms with Gasteiger partial charge in [0.05, 0.1) is 16.1 Å². The average molecular weight is 357 g/mol. The highest BCUT2D eigenvalue weighted by atomic mass is 35.5. The summed E-state index contributed by atoms with van der Waals surface area (Å²) in [5.41, 5.74) is 1.58. The minimum absolute atomic E-state index is 0.0701. The minimum Gasteiger partial charge on any atom is -0.342 e. The summed E-state index contributed by atoms with van der Waals surface area (Å²) in [7, 11) is 0. The molecule has 0 bridgehead atoms. The number of imidazole rings is 2. The largest absolute Gasteiger partial charge is 0.342 e. The van der Waals surface area contributed by atoms with E-state index in [4.69, 9.17) is 11.6 Å². The minimum atomic E-state index is -0.553. The summed E-state index contributed by atoms with van der Waals surface area (Å²) in [6.07, 6.45) is 4.76. The third kappa shape index (κ3) is 2.83. The van der Waals surface area contributed by atoms with Gasteiger partial charge in [-0.15, -0.1) is 0 Å². The van der Waals surface area contributed by atoms with Crippen LogP contribution in [0.4, 0.5) is 10.1 Å². The molecule has 3 aromatic heterocycles. The van der Waals surface area contributed by atoms with Gasteiger partial charge in [-0.1, -0.05) is 11.6 Å². The zero-order valence-electron chi connectivity index (χ0n) is 12.5. The van der Waals surface area contributed by atoms with E-state index < -0.39 is 11.7 Å². The van der Waals surface area contributed by atoms with E-state index in [0.717, 1.165) is 0 Å². The number of pyridine rings is 1. The van der Waals surface area contributed by atoms with Crippen LogP contribution in [-0.4, -0.2) is 30.8 Å². The first-order valence-corrected chi connectivity index (χ1v) is 7.60. The second-order valence-electron chi connectivity index (χ2n) is 5.16. The van der Waals surface area contributed by atoms with E-state index in [1.807, 2.05) is 0 Å².